The molecular weight excluding hydrogens is 421 g/mol. The molecule has 0 aliphatic carbocycles. The Bertz CT molecular complexity index is 1210. The second-order valence-electron chi connectivity index (χ2n) is 8.34. The summed E-state index contributed by atoms with van der Waals surface area (Å²) in [7, 11) is 0. The van der Waals surface area contributed by atoms with Crippen LogP contribution in [0.25, 0.3) is 16.6 Å². The third-order valence-corrected chi connectivity index (χ3v) is 6.00. The number of piperidine rings is 1. The molecule has 1 fully saturated rings. The third-order valence-electron chi connectivity index (χ3n) is 6.00. The van der Waals surface area contributed by atoms with Crippen LogP contribution in [0.3, 0.4) is 0 Å². The summed E-state index contributed by atoms with van der Waals surface area (Å²) in [6.07, 6.45) is 4.95. The molecule has 1 saturated heterocycles. The van der Waals surface area contributed by atoms with E-state index < -0.39 is 5.56 Å². The number of ether oxygens (including phenoxy) is 1. The minimum absolute atomic E-state index is 0.140. The Morgan fingerprint density at radius 1 is 1.24 bits per heavy atom. The van der Waals surface area contributed by atoms with Crippen LogP contribution in [0.2, 0.25) is 0 Å². The Kier molecular flexibility index (Phi) is 7.14. The van der Waals surface area contributed by atoms with Crippen LogP contribution in [0.5, 0.6) is 5.75 Å². The number of H-pyrrole nitrogens is 1. The van der Waals surface area contributed by atoms with Gasteiger partial charge in [0.25, 0.3) is 5.56 Å². The highest BCUT2D eigenvalue weighted by Gasteiger charge is 2.13. The van der Waals surface area contributed by atoms with Crippen LogP contribution in [0.15, 0.2) is 58.6 Å². The molecule has 2 heterocycles. The van der Waals surface area contributed by atoms with E-state index in [0.29, 0.717) is 23.1 Å². The fourth-order valence-corrected chi connectivity index (χ4v) is 4.01. The highest BCUT2D eigenvalue weighted by atomic mass is 19.1. The van der Waals surface area contributed by atoms with Crippen LogP contribution in [0.1, 0.15) is 30.4 Å². The molecule has 0 unspecified atom stereocenters. The number of hydrogen-bond acceptors (Lipinski definition) is 6. The van der Waals surface area contributed by atoms with Gasteiger partial charge in [0.05, 0.1) is 12.2 Å². The largest absolute Gasteiger partial charge is 0.494 e. The number of pyridine rings is 1. The first-order valence-electron chi connectivity index (χ1n) is 11.1. The van der Waals surface area contributed by atoms with Crippen LogP contribution in [-0.2, 0) is 0 Å². The number of rotatable bonds is 8. The van der Waals surface area contributed by atoms with Gasteiger partial charge in [0.15, 0.2) is 0 Å². The number of benzene rings is 2. The molecule has 172 valence electrons. The van der Waals surface area contributed by atoms with Gasteiger partial charge in [-0.25, -0.2) is 9.92 Å². The normalized spacial score (nSPS) is 14.9. The molecule has 4 N–H and O–H groups in total. The first-order chi connectivity index (χ1) is 16.0. The maximum absolute atomic E-state index is 13.9. The molecule has 0 radical (unpaired) electrons. The highest BCUT2D eigenvalue weighted by molar-refractivity contribution is 5.83. The van der Waals surface area contributed by atoms with E-state index in [9.17, 15) is 9.18 Å². The maximum atomic E-state index is 13.9. The number of nitrogens with zero attached hydrogens (tertiary/aromatic N) is 1. The van der Waals surface area contributed by atoms with Crippen LogP contribution in [0, 0.1) is 24.2 Å². The van der Waals surface area contributed by atoms with Gasteiger partial charge in [0.2, 0.25) is 0 Å². The number of halogens is 1. The Balaban J connectivity index is 1.41. The molecule has 0 amide bonds. The predicted octanol–water partition coefficient (Wildman–Crippen LogP) is 5.19. The Morgan fingerprint density at radius 2 is 2.00 bits per heavy atom. The van der Waals surface area contributed by atoms with Crippen molar-refractivity contribution < 1.29 is 9.13 Å². The predicted molar refractivity (Wildman–Crippen MR) is 128 cm³/mol. The lowest BCUT2D eigenvalue weighted by molar-refractivity contribution is 0.252. The summed E-state index contributed by atoms with van der Waals surface area (Å²) >= 11 is 0. The molecule has 0 saturated carbocycles. The SMILES string of the molecule is Cc1cc2[nH]c(=O)c(/C(=C/Nc3ccc(OCCC4CCNCC4)cc3)N=N)cc2cc1F. The molecule has 0 spiro atoms. The lowest BCUT2D eigenvalue weighted by Crippen LogP contribution is -2.28. The van der Waals surface area contributed by atoms with Crippen molar-refractivity contribution in [3.63, 3.8) is 0 Å². The fourth-order valence-electron chi connectivity index (χ4n) is 4.01. The van der Waals surface area contributed by atoms with Gasteiger partial charge in [-0.3, -0.25) is 4.79 Å². The van der Waals surface area contributed by atoms with Crippen LogP contribution >= 0.6 is 0 Å². The van der Waals surface area contributed by atoms with E-state index in [4.69, 9.17) is 10.3 Å². The van der Waals surface area contributed by atoms with Crippen LogP contribution in [-0.4, -0.2) is 24.7 Å². The van der Waals surface area contributed by atoms with E-state index in [0.717, 1.165) is 36.9 Å². The Labute approximate surface area is 191 Å². The number of hydrogen-bond donors (Lipinski definition) is 4. The number of aromatic nitrogens is 1. The zero-order valence-corrected chi connectivity index (χ0v) is 18.6. The molecular formula is C25H28FN5O2. The monoisotopic (exact) mass is 449 g/mol. The third kappa shape index (κ3) is 5.64. The minimum Gasteiger partial charge on any atom is -0.494 e. The number of aromatic amines is 1. The summed E-state index contributed by atoms with van der Waals surface area (Å²) < 4.78 is 19.8. The van der Waals surface area contributed by atoms with E-state index in [-0.39, 0.29) is 17.1 Å². The van der Waals surface area contributed by atoms with Gasteiger partial charge >= 0.3 is 0 Å². The summed E-state index contributed by atoms with van der Waals surface area (Å²) in [5.41, 5.74) is 9.19. The first-order valence-corrected chi connectivity index (χ1v) is 11.1. The van der Waals surface area contributed by atoms with E-state index in [1.54, 1.807) is 19.1 Å². The van der Waals surface area contributed by atoms with Crippen molar-refractivity contribution in [1.29, 1.82) is 5.53 Å². The molecule has 1 aromatic heterocycles. The van der Waals surface area contributed by atoms with E-state index in [1.165, 1.54) is 25.1 Å². The lowest BCUT2D eigenvalue weighted by atomic mass is 9.95. The Hall–Kier alpha value is -3.52. The van der Waals surface area contributed by atoms with Crippen molar-refractivity contribution in [2.75, 3.05) is 25.0 Å². The van der Waals surface area contributed by atoms with E-state index >= 15 is 0 Å². The molecule has 33 heavy (non-hydrogen) atoms. The van der Waals surface area contributed by atoms with Crippen molar-refractivity contribution in [3.05, 3.63) is 76.0 Å². The molecule has 4 rings (SSSR count). The second kappa shape index (κ2) is 10.4. The molecule has 1 aliphatic rings. The summed E-state index contributed by atoms with van der Waals surface area (Å²) in [6.45, 7) is 4.52. The average molecular weight is 450 g/mol. The van der Waals surface area contributed by atoms with E-state index in [1.807, 2.05) is 24.3 Å². The van der Waals surface area contributed by atoms with Gasteiger partial charge in [-0.2, -0.15) is 5.11 Å². The topological polar surface area (TPSA) is 102 Å². The summed E-state index contributed by atoms with van der Waals surface area (Å²) in [5.74, 6) is 1.17. The number of fused-ring (bicyclic) bond motifs is 1. The highest BCUT2D eigenvalue weighted by Crippen LogP contribution is 2.22. The molecule has 2 aromatic carbocycles. The van der Waals surface area contributed by atoms with Crippen molar-refractivity contribution >= 4 is 22.3 Å². The van der Waals surface area contributed by atoms with E-state index in [2.05, 4.69) is 20.7 Å². The van der Waals surface area contributed by atoms with Crippen molar-refractivity contribution in [3.8, 4) is 5.75 Å². The number of anilines is 1. The lowest BCUT2D eigenvalue weighted by Gasteiger charge is -2.22. The smallest absolute Gasteiger partial charge is 0.258 e. The van der Waals surface area contributed by atoms with Crippen molar-refractivity contribution in [2.24, 2.45) is 11.0 Å². The number of aryl methyl sites for hydroxylation is 1. The summed E-state index contributed by atoms with van der Waals surface area (Å²) in [6, 6.07) is 12.0. The fraction of sp³-hybridized carbons (Fsp3) is 0.320. The second-order valence-corrected chi connectivity index (χ2v) is 8.34. The molecule has 1 aliphatic heterocycles. The van der Waals surface area contributed by atoms with Crippen molar-refractivity contribution in [1.82, 2.24) is 10.3 Å². The van der Waals surface area contributed by atoms with Gasteiger partial charge in [-0.05, 0) is 93.2 Å². The maximum Gasteiger partial charge on any atom is 0.258 e. The molecule has 7 nitrogen and oxygen atoms in total. The van der Waals surface area contributed by atoms with Gasteiger partial charge in [0, 0.05) is 22.8 Å². The van der Waals surface area contributed by atoms with Gasteiger partial charge in [0.1, 0.15) is 17.3 Å². The van der Waals surface area contributed by atoms with Gasteiger partial charge < -0.3 is 20.4 Å². The zero-order chi connectivity index (χ0) is 23.2. The molecule has 0 atom stereocenters. The first kappa shape index (κ1) is 22.7. The minimum atomic E-state index is -0.393. The standard InChI is InChI=1S/C25H28FN5O2/c1-16-12-23-18(14-22(16)26)13-21(25(32)30-23)24(31-27)15-29-19-2-4-20(5-3-19)33-11-8-17-6-9-28-10-7-17/h2-5,12-15,17,27-29H,6-11H2,1H3,(H,30,32)/b24-15-,31-27?. The average Bonchev–Trinajstić information content (AvgIpc) is 2.82. The summed E-state index contributed by atoms with van der Waals surface area (Å²) in [4.78, 5) is 15.3. The van der Waals surface area contributed by atoms with Crippen LogP contribution in [0.4, 0.5) is 10.1 Å². The Morgan fingerprint density at radius 3 is 2.73 bits per heavy atom. The van der Waals surface area contributed by atoms with Crippen LogP contribution < -0.4 is 20.9 Å². The van der Waals surface area contributed by atoms with Gasteiger partial charge in [-0.15, -0.1) is 0 Å². The molecule has 3 aromatic rings. The molecule has 0 bridgehead atoms. The summed E-state index contributed by atoms with van der Waals surface area (Å²) in [5, 5.41) is 10.5. The zero-order valence-electron chi connectivity index (χ0n) is 18.6. The van der Waals surface area contributed by atoms with Gasteiger partial charge in [-0.1, -0.05) is 0 Å². The molecule has 8 heteroatoms. The quantitative estimate of drug-likeness (QED) is 0.356. The van der Waals surface area contributed by atoms with Crippen molar-refractivity contribution in [2.45, 2.75) is 26.2 Å². The number of nitrogens with one attached hydrogen (secondary N) is 4.